The quantitative estimate of drug-likeness (QED) is 0.357. The Morgan fingerprint density at radius 1 is 1.21 bits per heavy atom. The van der Waals surface area contributed by atoms with E-state index in [0.717, 1.165) is 17.7 Å². The van der Waals surface area contributed by atoms with Gasteiger partial charge in [-0.2, -0.15) is 0 Å². The van der Waals surface area contributed by atoms with Gasteiger partial charge in [-0.3, -0.25) is 4.79 Å². The van der Waals surface area contributed by atoms with Crippen molar-refractivity contribution in [3.63, 3.8) is 0 Å². The second-order valence-electron chi connectivity index (χ2n) is 5.91. The van der Waals surface area contributed by atoms with Crippen molar-refractivity contribution >= 4 is 11.8 Å². The lowest BCUT2D eigenvalue weighted by atomic mass is 10.1. The van der Waals surface area contributed by atoms with E-state index in [2.05, 4.69) is 10.1 Å². The number of allylic oxidation sites excluding steroid dienone is 2. The maximum absolute atomic E-state index is 12.3. The van der Waals surface area contributed by atoms with Crippen molar-refractivity contribution in [2.45, 2.75) is 20.3 Å². The summed E-state index contributed by atoms with van der Waals surface area (Å²) in [6.45, 7) is 3.81. The molecule has 0 amide bonds. The zero-order valence-corrected chi connectivity index (χ0v) is 15.5. The molecule has 2 aromatic rings. The first-order valence-electron chi connectivity index (χ1n) is 8.60. The predicted molar refractivity (Wildman–Crippen MR) is 101 cm³/mol. The van der Waals surface area contributed by atoms with Gasteiger partial charge >= 0.3 is 11.6 Å². The Morgan fingerprint density at radius 3 is 2.50 bits per heavy atom. The molecule has 0 aliphatic heterocycles. The molecule has 0 atom stereocenters. The summed E-state index contributed by atoms with van der Waals surface area (Å²) in [4.78, 5) is 35.9. The van der Waals surface area contributed by atoms with E-state index in [4.69, 9.17) is 4.42 Å². The monoisotopic (exact) mass is 387 g/mol. The van der Waals surface area contributed by atoms with Crippen LogP contribution in [0.1, 0.15) is 40.3 Å². The van der Waals surface area contributed by atoms with Gasteiger partial charge < -0.3 is 24.7 Å². The summed E-state index contributed by atoms with van der Waals surface area (Å²) in [5.74, 6) is -2.61. The molecule has 0 radical (unpaired) electrons. The van der Waals surface area contributed by atoms with Gasteiger partial charge in [0.2, 0.25) is 5.76 Å². The number of ether oxygens (including phenoxy) is 1. The molecule has 0 spiro atoms. The molecule has 0 bridgehead atoms. The molecule has 28 heavy (non-hydrogen) atoms. The first-order chi connectivity index (χ1) is 13.3. The second kappa shape index (κ2) is 9.40. The van der Waals surface area contributed by atoms with Crippen LogP contribution < -0.4 is 10.9 Å². The minimum Gasteiger partial charge on any atom is -0.508 e. The standard InChI is InChI=1S/C20H21NO7/c1-3-27-19(25)17-11-16(24)18(20(26)28-17)15(23)10-12(2)21-9-8-13-4-6-14(22)7-5-13/h4-7,10-11,21-22,24H,3,8-9H2,1-2H3/b12-10+. The van der Waals surface area contributed by atoms with Crippen LogP contribution in [0, 0.1) is 0 Å². The highest BCUT2D eigenvalue weighted by molar-refractivity contribution is 6.06. The molecule has 0 saturated carbocycles. The number of phenols is 1. The highest BCUT2D eigenvalue weighted by Crippen LogP contribution is 2.17. The number of rotatable bonds is 8. The van der Waals surface area contributed by atoms with Crippen LogP contribution in [-0.2, 0) is 11.2 Å². The Morgan fingerprint density at radius 2 is 1.89 bits per heavy atom. The van der Waals surface area contributed by atoms with Crippen LogP contribution in [-0.4, -0.2) is 35.1 Å². The fourth-order valence-electron chi connectivity index (χ4n) is 2.40. The third-order valence-corrected chi connectivity index (χ3v) is 3.76. The van der Waals surface area contributed by atoms with Gasteiger partial charge in [0.05, 0.1) is 6.61 Å². The summed E-state index contributed by atoms with van der Waals surface area (Å²) in [6.07, 6.45) is 1.81. The number of benzene rings is 1. The summed E-state index contributed by atoms with van der Waals surface area (Å²) >= 11 is 0. The Balaban J connectivity index is 2.05. The summed E-state index contributed by atoms with van der Waals surface area (Å²) in [5, 5.41) is 22.2. The molecule has 0 fully saturated rings. The average molecular weight is 387 g/mol. The van der Waals surface area contributed by atoms with E-state index in [-0.39, 0.29) is 12.4 Å². The molecule has 0 saturated heterocycles. The van der Waals surface area contributed by atoms with E-state index in [9.17, 15) is 24.6 Å². The number of nitrogens with one attached hydrogen (secondary N) is 1. The van der Waals surface area contributed by atoms with Crippen LogP contribution in [0.25, 0.3) is 0 Å². The number of hydrogen-bond donors (Lipinski definition) is 3. The zero-order chi connectivity index (χ0) is 20.7. The van der Waals surface area contributed by atoms with Crippen LogP contribution in [0.15, 0.2) is 51.3 Å². The Bertz CT molecular complexity index is 942. The van der Waals surface area contributed by atoms with Crippen LogP contribution in [0.5, 0.6) is 11.5 Å². The van der Waals surface area contributed by atoms with Gasteiger partial charge in [0, 0.05) is 24.4 Å². The van der Waals surface area contributed by atoms with Gasteiger partial charge in [-0.05, 0) is 38.0 Å². The number of phenolic OH excluding ortho intramolecular Hbond substituents is 1. The Kier molecular flexibility index (Phi) is 6.97. The molecule has 1 heterocycles. The highest BCUT2D eigenvalue weighted by Gasteiger charge is 2.21. The van der Waals surface area contributed by atoms with Gasteiger partial charge in [-0.15, -0.1) is 0 Å². The van der Waals surface area contributed by atoms with E-state index in [1.807, 2.05) is 0 Å². The van der Waals surface area contributed by atoms with Crippen molar-refractivity contribution in [3.8, 4) is 11.5 Å². The molecule has 0 aliphatic carbocycles. The largest absolute Gasteiger partial charge is 0.508 e. The Labute approximate surface area is 161 Å². The van der Waals surface area contributed by atoms with Gasteiger partial charge in [-0.25, -0.2) is 9.59 Å². The van der Waals surface area contributed by atoms with Crippen molar-refractivity contribution in [3.05, 3.63) is 69.4 Å². The highest BCUT2D eigenvalue weighted by atomic mass is 16.5. The minimum absolute atomic E-state index is 0.0712. The molecule has 0 aliphatic rings. The summed E-state index contributed by atoms with van der Waals surface area (Å²) in [5.41, 5.74) is -0.205. The van der Waals surface area contributed by atoms with Crippen molar-refractivity contribution in [1.82, 2.24) is 5.32 Å². The molecule has 8 nitrogen and oxygen atoms in total. The number of hydrogen-bond acceptors (Lipinski definition) is 8. The van der Waals surface area contributed by atoms with Gasteiger partial charge in [0.25, 0.3) is 0 Å². The first kappa shape index (κ1) is 20.8. The van der Waals surface area contributed by atoms with Crippen LogP contribution >= 0.6 is 0 Å². The molecular weight excluding hydrogens is 366 g/mol. The van der Waals surface area contributed by atoms with Gasteiger partial charge in [0.15, 0.2) is 5.78 Å². The normalized spacial score (nSPS) is 11.1. The molecule has 1 aromatic heterocycles. The van der Waals surface area contributed by atoms with Crippen LogP contribution in [0.3, 0.4) is 0 Å². The number of carbonyl (C=O) groups is 2. The first-order valence-corrected chi connectivity index (χ1v) is 8.60. The van der Waals surface area contributed by atoms with Crippen LogP contribution in [0.2, 0.25) is 0 Å². The molecule has 3 N–H and O–H groups in total. The number of carbonyl (C=O) groups excluding carboxylic acids is 2. The molecule has 8 heteroatoms. The maximum atomic E-state index is 12.3. The maximum Gasteiger partial charge on any atom is 0.374 e. The van der Waals surface area contributed by atoms with Crippen molar-refractivity contribution in [2.24, 2.45) is 0 Å². The molecule has 1 aromatic carbocycles. The van der Waals surface area contributed by atoms with Crippen molar-refractivity contribution < 1.29 is 29.0 Å². The zero-order valence-electron chi connectivity index (χ0n) is 15.5. The molecule has 0 unspecified atom stereocenters. The lowest BCUT2D eigenvalue weighted by Crippen LogP contribution is -2.19. The second-order valence-corrected chi connectivity index (χ2v) is 5.91. The SMILES string of the molecule is CCOC(=O)c1cc(O)c(C(=O)/C=C(\C)NCCc2ccc(O)cc2)c(=O)o1. The summed E-state index contributed by atoms with van der Waals surface area (Å²) in [7, 11) is 0. The fraction of sp³-hybridized carbons (Fsp3) is 0.250. The molecular formula is C20H21NO7. The van der Waals surface area contributed by atoms with Gasteiger partial charge in [0.1, 0.15) is 17.1 Å². The summed E-state index contributed by atoms with van der Waals surface area (Å²) < 4.78 is 9.46. The average Bonchev–Trinajstić information content (AvgIpc) is 2.63. The van der Waals surface area contributed by atoms with Crippen LogP contribution in [0.4, 0.5) is 0 Å². The van der Waals surface area contributed by atoms with E-state index < -0.39 is 34.5 Å². The molecule has 148 valence electrons. The van der Waals surface area contributed by atoms with E-state index in [1.54, 1.807) is 38.1 Å². The number of aromatic hydroxyl groups is 2. The predicted octanol–water partition coefficient (Wildman–Crippen LogP) is 2.15. The summed E-state index contributed by atoms with van der Waals surface area (Å²) in [6, 6.07) is 7.63. The Hall–Kier alpha value is -3.55. The van der Waals surface area contributed by atoms with E-state index >= 15 is 0 Å². The number of ketones is 1. The van der Waals surface area contributed by atoms with E-state index in [1.165, 1.54) is 0 Å². The van der Waals surface area contributed by atoms with Crippen molar-refractivity contribution in [1.29, 1.82) is 0 Å². The lowest BCUT2D eigenvalue weighted by molar-refractivity contribution is 0.0482. The minimum atomic E-state index is -1.12. The lowest BCUT2D eigenvalue weighted by Gasteiger charge is -2.07. The van der Waals surface area contributed by atoms with E-state index in [0.29, 0.717) is 18.7 Å². The molecule has 2 rings (SSSR count). The van der Waals surface area contributed by atoms with Crippen molar-refractivity contribution in [2.75, 3.05) is 13.2 Å². The topological polar surface area (TPSA) is 126 Å². The smallest absolute Gasteiger partial charge is 0.374 e. The third-order valence-electron chi connectivity index (χ3n) is 3.76. The fourth-order valence-corrected chi connectivity index (χ4v) is 2.40. The van der Waals surface area contributed by atoms with Gasteiger partial charge in [-0.1, -0.05) is 12.1 Å². The number of esters is 1. The third kappa shape index (κ3) is 5.47.